The van der Waals surface area contributed by atoms with Crippen molar-refractivity contribution in [2.75, 3.05) is 7.11 Å². The lowest BCUT2D eigenvalue weighted by Gasteiger charge is -2.23. The predicted octanol–water partition coefficient (Wildman–Crippen LogP) is 7.89. The lowest BCUT2D eigenvalue weighted by atomic mass is 10.1. The van der Waals surface area contributed by atoms with Gasteiger partial charge in [-0.2, -0.15) is 0 Å². The van der Waals surface area contributed by atoms with Crippen LogP contribution in [-0.4, -0.2) is 39.2 Å². The molecule has 42 heavy (non-hydrogen) atoms. The first-order valence-corrected chi connectivity index (χ1v) is 14.5. The molecule has 2 amide bonds. The summed E-state index contributed by atoms with van der Waals surface area (Å²) in [5, 5.41) is 8.60. The molecule has 0 unspecified atom stereocenters. The molecule has 1 aliphatic rings. The molecule has 0 saturated carbocycles. The van der Waals surface area contributed by atoms with E-state index in [0.29, 0.717) is 24.2 Å². The van der Waals surface area contributed by atoms with Gasteiger partial charge in [0.25, 0.3) is 11.8 Å². The van der Waals surface area contributed by atoms with Crippen LogP contribution >= 0.6 is 0 Å². The standard InChI is InChI=1S/C29H27N5O4.2C2H6/c1-4-19(5-2)32-26(35)22-17-12-18-23(24(22)27(32)36)30-31-25-28(37)33(20-13-8-6-9-14-20)34(29(25)38-3)21-15-10-7-11-16-21;2*1-2/h6-19H,4-5H2,1-3H3;2*1-2H3. The van der Waals surface area contributed by atoms with Gasteiger partial charge in [0.15, 0.2) is 0 Å². The van der Waals surface area contributed by atoms with Crippen LogP contribution in [0.2, 0.25) is 0 Å². The molecule has 0 atom stereocenters. The number of azo groups is 1. The minimum atomic E-state index is -0.450. The van der Waals surface area contributed by atoms with Crippen molar-refractivity contribution in [3.63, 3.8) is 0 Å². The van der Waals surface area contributed by atoms with Gasteiger partial charge in [-0.3, -0.25) is 19.3 Å². The van der Waals surface area contributed by atoms with Crippen molar-refractivity contribution < 1.29 is 14.3 Å². The van der Waals surface area contributed by atoms with Gasteiger partial charge in [0, 0.05) is 6.04 Å². The second kappa shape index (κ2) is 14.7. The molecule has 1 aromatic heterocycles. The number of methoxy groups -OCH3 is 1. The highest BCUT2D eigenvalue weighted by molar-refractivity contribution is 6.23. The monoisotopic (exact) mass is 569 g/mol. The maximum absolute atomic E-state index is 13.7. The van der Waals surface area contributed by atoms with E-state index in [0.717, 1.165) is 0 Å². The molecule has 220 valence electrons. The van der Waals surface area contributed by atoms with Crippen molar-refractivity contribution >= 4 is 23.2 Å². The summed E-state index contributed by atoms with van der Waals surface area (Å²) < 4.78 is 8.76. The minimum absolute atomic E-state index is 0.0357. The van der Waals surface area contributed by atoms with Crippen LogP contribution in [0.3, 0.4) is 0 Å². The second-order valence-electron chi connectivity index (χ2n) is 8.81. The Morgan fingerprint density at radius 3 is 1.76 bits per heavy atom. The Morgan fingerprint density at radius 1 is 0.690 bits per heavy atom. The van der Waals surface area contributed by atoms with E-state index in [-0.39, 0.29) is 40.3 Å². The number of ether oxygens (including phenoxy) is 1. The fraction of sp³-hybridized carbons (Fsp3) is 0.303. The average molecular weight is 570 g/mol. The molecule has 0 saturated heterocycles. The molecular formula is C33H39N5O4. The van der Waals surface area contributed by atoms with Crippen molar-refractivity contribution in [3.05, 3.63) is 100 Å². The number of amides is 2. The van der Waals surface area contributed by atoms with Crippen LogP contribution in [0, 0.1) is 0 Å². The van der Waals surface area contributed by atoms with Crippen LogP contribution in [0.1, 0.15) is 75.1 Å². The fourth-order valence-corrected chi connectivity index (χ4v) is 4.80. The van der Waals surface area contributed by atoms with E-state index in [9.17, 15) is 14.4 Å². The molecule has 9 heteroatoms. The zero-order valence-electron chi connectivity index (χ0n) is 25.4. The van der Waals surface area contributed by atoms with E-state index in [1.54, 1.807) is 22.9 Å². The Balaban J connectivity index is 0.00000116. The molecule has 0 spiro atoms. The molecule has 3 aromatic carbocycles. The van der Waals surface area contributed by atoms with E-state index in [1.165, 1.54) is 16.7 Å². The van der Waals surface area contributed by atoms with E-state index in [2.05, 4.69) is 10.2 Å². The molecule has 2 heterocycles. The summed E-state index contributed by atoms with van der Waals surface area (Å²) >= 11 is 0. The number of carbonyl (C=O) groups is 2. The lowest BCUT2D eigenvalue weighted by molar-refractivity contribution is 0.0576. The highest BCUT2D eigenvalue weighted by Gasteiger charge is 2.40. The molecule has 9 nitrogen and oxygen atoms in total. The van der Waals surface area contributed by atoms with Crippen LogP contribution in [0.25, 0.3) is 11.4 Å². The van der Waals surface area contributed by atoms with E-state index >= 15 is 0 Å². The highest BCUT2D eigenvalue weighted by atomic mass is 16.5. The quantitative estimate of drug-likeness (QED) is 0.159. The molecular weight excluding hydrogens is 530 g/mol. The van der Waals surface area contributed by atoms with Gasteiger partial charge in [0.05, 0.1) is 35.3 Å². The third-order valence-electron chi connectivity index (χ3n) is 6.67. The van der Waals surface area contributed by atoms with E-state index in [4.69, 9.17) is 4.74 Å². The van der Waals surface area contributed by atoms with Gasteiger partial charge in [0.1, 0.15) is 0 Å². The van der Waals surface area contributed by atoms with Gasteiger partial charge >= 0.3 is 5.56 Å². The first kappa shape index (κ1) is 31.7. The van der Waals surface area contributed by atoms with Gasteiger partial charge in [-0.1, -0.05) is 84.0 Å². The molecule has 1 aliphatic heterocycles. The number of rotatable bonds is 8. The molecule has 4 aromatic rings. The maximum atomic E-state index is 13.7. The van der Waals surface area contributed by atoms with Crippen molar-refractivity contribution in [2.24, 2.45) is 10.2 Å². The highest BCUT2D eigenvalue weighted by Crippen LogP contribution is 2.36. The van der Waals surface area contributed by atoms with Crippen molar-refractivity contribution in [3.8, 4) is 17.3 Å². The second-order valence-corrected chi connectivity index (χ2v) is 8.81. The number of hydrogen-bond acceptors (Lipinski definition) is 6. The zero-order chi connectivity index (χ0) is 30.8. The summed E-state index contributed by atoms with van der Waals surface area (Å²) in [6.07, 6.45) is 1.31. The summed E-state index contributed by atoms with van der Waals surface area (Å²) in [5.41, 5.74) is 1.51. The number of benzene rings is 3. The Hall–Kier alpha value is -4.79. The van der Waals surface area contributed by atoms with Crippen LogP contribution in [0.4, 0.5) is 11.4 Å². The minimum Gasteiger partial charge on any atom is -0.479 e. The number of aromatic nitrogens is 2. The average Bonchev–Trinajstić information content (AvgIpc) is 3.49. The molecule has 0 aliphatic carbocycles. The topological polar surface area (TPSA) is 98.3 Å². The van der Waals surface area contributed by atoms with Gasteiger partial charge in [0.2, 0.25) is 11.6 Å². The normalized spacial score (nSPS) is 12.1. The summed E-state index contributed by atoms with van der Waals surface area (Å²) in [6.45, 7) is 11.9. The third kappa shape index (κ3) is 5.81. The Bertz CT molecular complexity index is 1590. The van der Waals surface area contributed by atoms with Crippen LogP contribution in [-0.2, 0) is 0 Å². The fourth-order valence-electron chi connectivity index (χ4n) is 4.80. The first-order valence-electron chi connectivity index (χ1n) is 14.5. The Morgan fingerprint density at radius 2 is 1.24 bits per heavy atom. The number of para-hydroxylation sites is 2. The zero-order valence-corrected chi connectivity index (χ0v) is 25.4. The lowest BCUT2D eigenvalue weighted by Crippen LogP contribution is -2.39. The van der Waals surface area contributed by atoms with Gasteiger partial charge in [-0.15, -0.1) is 10.2 Å². The van der Waals surface area contributed by atoms with Gasteiger partial charge < -0.3 is 4.74 Å². The number of fused-ring (bicyclic) bond motifs is 1. The van der Waals surface area contributed by atoms with E-state index < -0.39 is 11.5 Å². The smallest absolute Gasteiger partial charge is 0.303 e. The molecule has 0 N–H and O–H groups in total. The van der Waals surface area contributed by atoms with E-state index in [1.807, 2.05) is 102 Å². The number of imide groups is 1. The van der Waals surface area contributed by atoms with Crippen LogP contribution in [0.15, 0.2) is 93.9 Å². The molecule has 0 fully saturated rings. The van der Waals surface area contributed by atoms with Crippen LogP contribution in [0.5, 0.6) is 5.88 Å². The summed E-state index contributed by atoms with van der Waals surface area (Å²) in [7, 11) is 1.46. The summed E-state index contributed by atoms with van der Waals surface area (Å²) in [5.74, 6) is -0.554. The van der Waals surface area contributed by atoms with Crippen molar-refractivity contribution in [2.45, 2.75) is 60.4 Å². The number of nitrogens with zero attached hydrogens (tertiary/aromatic N) is 5. The van der Waals surface area contributed by atoms with Gasteiger partial charge in [-0.05, 0) is 49.2 Å². The first-order chi connectivity index (χ1) is 20.5. The number of hydrogen-bond donors (Lipinski definition) is 0. The Labute approximate surface area is 247 Å². The summed E-state index contributed by atoms with van der Waals surface area (Å²) in [6, 6.07) is 23.1. The molecule has 5 rings (SSSR count). The maximum Gasteiger partial charge on any atom is 0.303 e. The number of carbonyl (C=O) groups excluding carboxylic acids is 2. The molecule has 0 bridgehead atoms. The third-order valence-corrected chi connectivity index (χ3v) is 6.67. The Kier molecular flexibility index (Phi) is 11.1. The van der Waals surface area contributed by atoms with Gasteiger partial charge in [-0.25, -0.2) is 9.36 Å². The summed E-state index contributed by atoms with van der Waals surface area (Å²) in [4.78, 5) is 41.4. The predicted molar refractivity (Wildman–Crippen MR) is 166 cm³/mol. The largest absolute Gasteiger partial charge is 0.479 e. The SMILES string of the molecule is CC.CC.CCC(CC)N1C(=O)c2cccc(N=Nc3c(OC)n(-c4ccccc4)n(-c4ccccc4)c3=O)c2C1=O. The van der Waals surface area contributed by atoms with Crippen molar-refractivity contribution in [1.82, 2.24) is 14.3 Å². The van der Waals surface area contributed by atoms with Crippen LogP contribution < -0.4 is 10.3 Å². The molecule has 0 radical (unpaired) electrons. The van der Waals surface area contributed by atoms with Crippen molar-refractivity contribution in [1.29, 1.82) is 0 Å².